The molecular formula is C18H30N2O3S. The van der Waals surface area contributed by atoms with E-state index in [2.05, 4.69) is 26.1 Å². The summed E-state index contributed by atoms with van der Waals surface area (Å²) < 4.78 is 25.1. The second-order valence-corrected chi connectivity index (χ2v) is 9.15. The molecule has 136 valence electrons. The first-order valence-electron chi connectivity index (χ1n) is 8.32. The van der Waals surface area contributed by atoms with Gasteiger partial charge in [-0.1, -0.05) is 39.8 Å². The van der Waals surface area contributed by atoms with Crippen molar-refractivity contribution in [3.8, 4) is 0 Å². The predicted octanol–water partition coefficient (Wildman–Crippen LogP) is 2.77. The van der Waals surface area contributed by atoms with Gasteiger partial charge >= 0.3 is 0 Å². The lowest BCUT2D eigenvalue weighted by Crippen LogP contribution is -2.42. The molecule has 24 heavy (non-hydrogen) atoms. The van der Waals surface area contributed by atoms with Gasteiger partial charge in [0.1, 0.15) is 0 Å². The number of hydrogen-bond donors (Lipinski definition) is 1. The maximum Gasteiger partial charge on any atom is 0.251 e. The summed E-state index contributed by atoms with van der Waals surface area (Å²) in [7, 11) is -3.28. The van der Waals surface area contributed by atoms with Crippen molar-refractivity contribution in [2.75, 3.05) is 19.3 Å². The molecule has 0 aliphatic carbocycles. The molecule has 0 spiro atoms. The van der Waals surface area contributed by atoms with Crippen LogP contribution in [0.4, 0.5) is 0 Å². The summed E-state index contributed by atoms with van der Waals surface area (Å²) in [5.41, 5.74) is 1.79. The van der Waals surface area contributed by atoms with E-state index in [1.807, 2.05) is 26.0 Å². The first-order valence-corrected chi connectivity index (χ1v) is 10.2. The minimum atomic E-state index is -3.28. The minimum Gasteiger partial charge on any atom is -0.351 e. The molecule has 1 rings (SSSR count). The molecule has 1 N–H and O–H groups in total. The highest BCUT2D eigenvalue weighted by atomic mass is 32.2. The Bertz CT molecular complexity index is 646. The predicted molar refractivity (Wildman–Crippen MR) is 98.8 cm³/mol. The van der Waals surface area contributed by atoms with Crippen LogP contribution in [0.3, 0.4) is 0 Å². The molecule has 0 aliphatic rings. The average molecular weight is 355 g/mol. The van der Waals surface area contributed by atoms with Crippen LogP contribution in [0.5, 0.6) is 0 Å². The number of nitrogens with zero attached hydrogens (tertiary/aromatic N) is 1. The maximum absolute atomic E-state index is 12.2. The van der Waals surface area contributed by atoms with Crippen LogP contribution in [0.15, 0.2) is 24.3 Å². The maximum atomic E-state index is 12.2. The Balaban J connectivity index is 2.66. The van der Waals surface area contributed by atoms with Crippen LogP contribution >= 0.6 is 0 Å². The fourth-order valence-corrected chi connectivity index (χ4v) is 3.65. The van der Waals surface area contributed by atoms with E-state index in [0.29, 0.717) is 5.56 Å². The zero-order valence-corrected chi connectivity index (χ0v) is 16.4. The second kappa shape index (κ2) is 8.12. The van der Waals surface area contributed by atoms with E-state index in [0.717, 1.165) is 6.42 Å². The van der Waals surface area contributed by atoms with Crippen molar-refractivity contribution in [1.29, 1.82) is 0 Å². The molecule has 0 radical (unpaired) electrons. The summed E-state index contributed by atoms with van der Waals surface area (Å²) in [5.74, 6) is -0.187. The standard InChI is InChI=1S/C18H30N2O3S/c1-7-14(2)20(24(6,22)23)13-12-19-17(21)15-8-10-16(11-9-15)18(3,4)5/h8-11,14H,7,12-13H2,1-6H3,(H,19,21). The van der Waals surface area contributed by atoms with E-state index in [-0.39, 0.29) is 30.5 Å². The largest absolute Gasteiger partial charge is 0.351 e. The first kappa shape index (κ1) is 20.6. The number of hydrogen-bond acceptors (Lipinski definition) is 3. The molecule has 0 saturated heterocycles. The molecule has 0 bridgehead atoms. The lowest BCUT2D eigenvalue weighted by atomic mass is 9.87. The van der Waals surface area contributed by atoms with Gasteiger partial charge in [0.25, 0.3) is 5.91 Å². The third-order valence-corrected chi connectivity index (χ3v) is 5.53. The van der Waals surface area contributed by atoms with E-state index in [4.69, 9.17) is 0 Å². The minimum absolute atomic E-state index is 0.0429. The number of amides is 1. The highest BCUT2D eigenvalue weighted by molar-refractivity contribution is 7.88. The smallest absolute Gasteiger partial charge is 0.251 e. The molecule has 1 aromatic rings. The quantitative estimate of drug-likeness (QED) is 0.819. The van der Waals surface area contributed by atoms with E-state index in [9.17, 15) is 13.2 Å². The molecule has 1 atom stereocenters. The molecule has 1 amide bonds. The molecule has 0 saturated carbocycles. The number of carbonyl (C=O) groups excluding carboxylic acids is 1. The van der Waals surface area contributed by atoms with E-state index in [1.165, 1.54) is 16.1 Å². The molecular weight excluding hydrogens is 324 g/mol. The second-order valence-electron chi connectivity index (χ2n) is 7.21. The van der Waals surface area contributed by atoms with E-state index >= 15 is 0 Å². The molecule has 5 nitrogen and oxygen atoms in total. The number of carbonyl (C=O) groups is 1. The highest BCUT2D eigenvalue weighted by Gasteiger charge is 2.21. The topological polar surface area (TPSA) is 66.5 Å². The number of benzene rings is 1. The monoisotopic (exact) mass is 354 g/mol. The van der Waals surface area contributed by atoms with Crippen molar-refractivity contribution in [2.24, 2.45) is 0 Å². The Labute approximate surface area is 146 Å². The van der Waals surface area contributed by atoms with Gasteiger partial charge in [-0.3, -0.25) is 4.79 Å². The normalized spacial score (nSPS) is 13.8. The molecule has 6 heteroatoms. The van der Waals surface area contributed by atoms with Gasteiger partial charge in [0.15, 0.2) is 0 Å². The van der Waals surface area contributed by atoms with Gasteiger partial charge in [-0.05, 0) is 36.5 Å². The lowest BCUT2D eigenvalue weighted by Gasteiger charge is -2.26. The number of sulfonamides is 1. The van der Waals surface area contributed by atoms with Crippen LogP contribution in [0.1, 0.15) is 57.0 Å². The molecule has 1 aromatic carbocycles. The summed E-state index contributed by atoms with van der Waals surface area (Å²) in [6.45, 7) is 10.7. The van der Waals surface area contributed by atoms with Crippen molar-refractivity contribution in [3.05, 3.63) is 35.4 Å². The number of rotatable bonds is 7. The Kier molecular flexibility index (Phi) is 6.98. The summed E-state index contributed by atoms with van der Waals surface area (Å²) in [5, 5.41) is 2.79. The summed E-state index contributed by atoms with van der Waals surface area (Å²) in [6, 6.07) is 7.44. The third kappa shape index (κ3) is 5.91. The summed E-state index contributed by atoms with van der Waals surface area (Å²) in [4.78, 5) is 12.2. The van der Waals surface area contributed by atoms with E-state index in [1.54, 1.807) is 12.1 Å². The van der Waals surface area contributed by atoms with Crippen LogP contribution in [-0.4, -0.2) is 44.0 Å². The molecule has 1 unspecified atom stereocenters. The first-order chi connectivity index (χ1) is 11.0. The van der Waals surface area contributed by atoms with Crippen molar-refractivity contribution >= 4 is 15.9 Å². The summed E-state index contributed by atoms with van der Waals surface area (Å²) in [6.07, 6.45) is 1.93. The van der Waals surface area contributed by atoms with Gasteiger partial charge < -0.3 is 5.32 Å². The average Bonchev–Trinajstić information content (AvgIpc) is 2.48. The fourth-order valence-electron chi connectivity index (χ4n) is 2.42. The Morgan fingerprint density at radius 3 is 2.17 bits per heavy atom. The molecule has 0 aromatic heterocycles. The van der Waals surface area contributed by atoms with Gasteiger partial charge in [-0.2, -0.15) is 4.31 Å². The lowest BCUT2D eigenvalue weighted by molar-refractivity contribution is 0.0950. The Hall–Kier alpha value is -1.40. The third-order valence-electron chi connectivity index (χ3n) is 4.14. The van der Waals surface area contributed by atoms with Gasteiger partial charge in [-0.15, -0.1) is 0 Å². The van der Waals surface area contributed by atoms with Crippen LogP contribution in [-0.2, 0) is 15.4 Å². The summed E-state index contributed by atoms with van der Waals surface area (Å²) >= 11 is 0. The van der Waals surface area contributed by atoms with Crippen LogP contribution in [0, 0.1) is 0 Å². The van der Waals surface area contributed by atoms with Crippen LogP contribution < -0.4 is 5.32 Å². The molecule has 0 heterocycles. The Morgan fingerprint density at radius 2 is 1.75 bits per heavy atom. The zero-order chi connectivity index (χ0) is 18.5. The molecule has 0 aliphatic heterocycles. The van der Waals surface area contributed by atoms with Gasteiger partial charge in [0, 0.05) is 24.7 Å². The highest BCUT2D eigenvalue weighted by Crippen LogP contribution is 2.22. The zero-order valence-electron chi connectivity index (χ0n) is 15.6. The Morgan fingerprint density at radius 1 is 1.21 bits per heavy atom. The fraction of sp³-hybridized carbons (Fsp3) is 0.611. The SMILES string of the molecule is CCC(C)N(CCNC(=O)c1ccc(C(C)(C)C)cc1)S(C)(=O)=O. The van der Waals surface area contributed by atoms with Gasteiger partial charge in [-0.25, -0.2) is 8.42 Å². The van der Waals surface area contributed by atoms with Crippen LogP contribution in [0.25, 0.3) is 0 Å². The van der Waals surface area contributed by atoms with Crippen molar-refractivity contribution in [3.63, 3.8) is 0 Å². The van der Waals surface area contributed by atoms with Crippen molar-refractivity contribution < 1.29 is 13.2 Å². The number of nitrogens with one attached hydrogen (secondary N) is 1. The van der Waals surface area contributed by atoms with E-state index < -0.39 is 10.0 Å². The van der Waals surface area contributed by atoms with Crippen molar-refractivity contribution in [1.82, 2.24) is 9.62 Å². The van der Waals surface area contributed by atoms with Crippen molar-refractivity contribution in [2.45, 2.75) is 52.5 Å². The molecule has 0 fully saturated rings. The van der Waals surface area contributed by atoms with Gasteiger partial charge in [0.2, 0.25) is 10.0 Å². The van der Waals surface area contributed by atoms with Gasteiger partial charge in [0.05, 0.1) is 6.26 Å². The van der Waals surface area contributed by atoms with Crippen LogP contribution in [0.2, 0.25) is 0 Å².